The van der Waals surface area contributed by atoms with Gasteiger partial charge in [-0.3, -0.25) is 0 Å². The summed E-state index contributed by atoms with van der Waals surface area (Å²) < 4.78 is 0. The van der Waals surface area contributed by atoms with E-state index in [4.69, 9.17) is 10.8 Å². The molecule has 0 saturated carbocycles. The molecule has 2 atom stereocenters. The molecule has 11 heavy (non-hydrogen) atoms. The van der Waals surface area contributed by atoms with Crippen molar-refractivity contribution in [2.24, 2.45) is 5.73 Å². The van der Waals surface area contributed by atoms with Gasteiger partial charge < -0.3 is 15.7 Å². The van der Waals surface area contributed by atoms with Crippen LogP contribution >= 0.6 is 0 Å². The predicted molar refractivity (Wildman–Crippen MR) is 41.4 cm³/mol. The largest absolute Gasteiger partial charge is 0.465 e. The van der Waals surface area contributed by atoms with Gasteiger partial charge in [-0.1, -0.05) is 0 Å². The Balaban J connectivity index is 2.58. The Kier molecular flexibility index (Phi) is 2.34. The predicted octanol–water partition coefficient (Wildman–Crippen LogP) is 0.476. The third-order valence-electron chi connectivity index (χ3n) is 2.15. The number of nitrogens with zero attached hydrogens (tertiary/aromatic N) is 1. The monoisotopic (exact) mass is 158 g/mol. The van der Waals surface area contributed by atoms with Crippen molar-refractivity contribution in [1.29, 1.82) is 0 Å². The minimum Gasteiger partial charge on any atom is -0.465 e. The smallest absolute Gasteiger partial charge is 0.407 e. The van der Waals surface area contributed by atoms with Gasteiger partial charge in [0.1, 0.15) is 0 Å². The van der Waals surface area contributed by atoms with Crippen molar-refractivity contribution < 1.29 is 9.90 Å². The second-order valence-electron chi connectivity index (χ2n) is 3.04. The molecule has 1 amide bonds. The fourth-order valence-corrected chi connectivity index (χ4v) is 1.58. The lowest BCUT2D eigenvalue weighted by molar-refractivity contribution is 0.135. The molecule has 0 aromatic heterocycles. The standard InChI is InChI=1S/C7H14N2O2/c1-5(8)6-3-2-4-9(6)7(10)11/h5-6H,2-4,8H2,1H3,(H,10,11)/t5-,6?/m0/s1. The van der Waals surface area contributed by atoms with Gasteiger partial charge in [0.15, 0.2) is 0 Å². The van der Waals surface area contributed by atoms with Gasteiger partial charge in [-0.05, 0) is 19.8 Å². The molecule has 0 bridgehead atoms. The first-order valence-corrected chi connectivity index (χ1v) is 3.88. The van der Waals surface area contributed by atoms with Gasteiger partial charge in [0.25, 0.3) is 0 Å². The fraction of sp³-hybridized carbons (Fsp3) is 0.857. The van der Waals surface area contributed by atoms with Crippen LogP contribution in [0, 0.1) is 0 Å². The maximum Gasteiger partial charge on any atom is 0.407 e. The van der Waals surface area contributed by atoms with Crippen molar-refractivity contribution in [3.8, 4) is 0 Å². The van der Waals surface area contributed by atoms with Crippen LogP contribution in [-0.4, -0.2) is 34.7 Å². The summed E-state index contributed by atoms with van der Waals surface area (Å²) in [7, 11) is 0. The van der Waals surface area contributed by atoms with Crippen molar-refractivity contribution in [2.75, 3.05) is 6.54 Å². The molecule has 0 spiro atoms. The molecule has 3 N–H and O–H groups in total. The summed E-state index contributed by atoms with van der Waals surface area (Å²) in [5.74, 6) is 0. The number of hydrogen-bond donors (Lipinski definition) is 2. The van der Waals surface area contributed by atoms with E-state index in [1.54, 1.807) is 0 Å². The molecule has 4 heteroatoms. The van der Waals surface area contributed by atoms with E-state index in [-0.39, 0.29) is 12.1 Å². The van der Waals surface area contributed by atoms with E-state index in [1.807, 2.05) is 6.92 Å². The van der Waals surface area contributed by atoms with Gasteiger partial charge in [-0.15, -0.1) is 0 Å². The summed E-state index contributed by atoms with van der Waals surface area (Å²) in [5.41, 5.74) is 5.62. The van der Waals surface area contributed by atoms with Crippen LogP contribution in [0.4, 0.5) is 4.79 Å². The first-order chi connectivity index (χ1) is 5.13. The first-order valence-electron chi connectivity index (χ1n) is 3.88. The second kappa shape index (κ2) is 3.09. The van der Waals surface area contributed by atoms with Crippen LogP contribution in [0.5, 0.6) is 0 Å². The third kappa shape index (κ3) is 1.63. The lowest BCUT2D eigenvalue weighted by Crippen LogP contribution is -2.44. The van der Waals surface area contributed by atoms with E-state index in [0.29, 0.717) is 6.54 Å². The SMILES string of the molecule is C[C@H](N)C1CCCN1C(=O)O. The molecule has 64 valence electrons. The van der Waals surface area contributed by atoms with E-state index < -0.39 is 6.09 Å². The topological polar surface area (TPSA) is 66.6 Å². The molecule has 0 aliphatic carbocycles. The molecule has 1 aliphatic heterocycles. The summed E-state index contributed by atoms with van der Waals surface area (Å²) in [6.07, 6.45) is 1.01. The molecule has 1 rings (SSSR count). The van der Waals surface area contributed by atoms with Crippen LogP contribution in [0.15, 0.2) is 0 Å². The van der Waals surface area contributed by atoms with Crippen LogP contribution in [-0.2, 0) is 0 Å². The Hall–Kier alpha value is -0.770. The summed E-state index contributed by atoms with van der Waals surface area (Å²) in [5, 5.41) is 8.70. The molecular formula is C7H14N2O2. The Labute approximate surface area is 66.0 Å². The highest BCUT2D eigenvalue weighted by Crippen LogP contribution is 2.18. The van der Waals surface area contributed by atoms with Crippen molar-refractivity contribution >= 4 is 6.09 Å². The number of nitrogens with two attached hydrogens (primary N) is 1. The van der Waals surface area contributed by atoms with Gasteiger partial charge in [0.2, 0.25) is 0 Å². The summed E-state index contributed by atoms with van der Waals surface area (Å²) in [4.78, 5) is 12.0. The summed E-state index contributed by atoms with van der Waals surface area (Å²) in [6, 6.07) is -0.0129. The van der Waals surface area contributed by atoms with Gasteiger partial charge in [-0.25, -0.2) is 4.79 Å². The van der Waals surface area contributed by atoms with Crippen molar-refractivity contribution in [1.82, 2.24) is 4.90 Å². The minimum absolute atomic E-state index is 0.0347. The number of rotatable bonds is 1. The van der Waals surface area contributed by atoms with Crippen molar-refractivity contribution in [2.45, 2.75) is 31.8 Å². The molecule has 1 aliphatic rings. The highest BCUT2D eigenvalue weighted by Gasteiger charge is 2.30. The zero-order chi connectivity index (χ0) is 8.43. The maximum absolute atomic E-state index is 10.6. The zero-order valence-corrected chi connectivity index (χ0v) is 6.66. The number of amides is 1. The number of hydrogen-bond acceptors (Lipinski definition) is 2. The van der Waals surface area contributed by atoms with Crippen LogP contribution in [0.2, 0.25) is 0 Å². The number of carboxylic acid groups (broad SMARTS) is 1. The summed E-state index contributed by atoms with van der Waals surface area (Å²) >= 11 is 0. The number of likely N-dealkylation sites (tertiary alicyclic amines) is 1. The summed E-state index contributed by atoms with van der Waals surface area (Å²) in [6.45, 7) is 2.49. The number of carbonyl (C=O) groups is 1. The molecular weight excluding hydrogens is 144 g/mol. The Morgan fingerprint density at radius 1 is 1.82 bits per heavy atom. The molecule has 0 aromatic rings. The molecule has 1 unspecified atom stereocenters. The molecule has 1 fully saturated rings. The van der Waals surface area contributed by atoms with Gasteiger partial charge in [0.05, 0.1) is 0 Å². The minimum atomic E-state index is -0.843. The first kappa shape index (κ1) is 8.33. The van der Waals surface area contributed by atoms with E-state index in [9.17, 15) is 4.79 Å². The normalized spacial score (nSPS) is 27.1. The van der Waals surface area contributed by atoms with Crippen molar-refractivity contribution in [3.63, 3.8) is 0 Å². The van der Waals surface area contributed by atoms with Gasteiger partial charge in [0, 0.05) is 18.6 Å². The molecule has 0 radical (unpaired) electrons. The average Bonchev–Trinajstić information content (AvgIpc) is 2.32. The van der Waals surface area contributed by atoms with E-state index in [1.165, 1.54) is 4.90 Å². The molecule has 0 aromatic carbocycles. The Morgan fingerprint density at radius 3 is 2.82 bits per heavy atom. The van der Waals surface area contributed by atoms with Crippen LogP contribution < -0.4 is 5.73 Å². The second-order valence-corrected chi connectivity index (χ2v) is 3.04. The lowest BCUT2D eigenvalue weighted by Gasteiger charge is -2.24. The fourth-order valence-electron chi connectivity index (χ4n) is 1.58. The Morgan fingerprint density at radius 2 is 2.45 bits per heavy atom. The molecule has 4 nitrogen and oxygen atoms in total. The average molecular weight is 158 g/mol. The third-order valence-corrected chi connectivity index (χ3v) is 2.15. The van der Waals surface area contributed by atoms with Crippen molar-refractivity contribution in [3.05, 3.63) is 0 Å². The molecule has 1 heterocycles. The molecule has 1 saturated heterocycles. The van der Waals surface area contributed by atoms with Crippen LogP contribution in [0.3, 0.4) is 0 Å². The zero-order valence-electron chi connectivity index (χ0n) is 6.66. The maximum atomic E-state index is 10.6. The van der Waals surface area contributed by atoms with E-state index >= 15 is 0 Å². The van der Waals surface area contributed by atoms with Crippen LogP contribution in [0.25, 0.3) is 0 Å². The van der Waals surface area contributed by atoms with E-state index in [0.717, 1.165) is 12.8 Å². The van der Waals surface area contributed by atoms with Gasteiger partial charge >= 0.3 is 6.09 Å². The lowest BCUT2D eigenvalue weighted by atomic mass is 10.1. The van der Waals surface area contributed by atoms with Gasteiger partial charge in [-0.2, -0.15) is 0 Å². The quantitative estimate of drug-likeness (QED) is 0.583. The van der Waals surface area contributed by atoms with Crippen LogP contribution in [0.1, 0.15) is 19.8 Å². The Bertz CT molecular complexity index is 159. The van der Waals surface area contributed by atoms with E-state index in [2.05, 4.69) is 0 Å². The highest BCUT2D eigenvalue weighted by molar-refractivity contribution is 5.65. The highest BCUT2D eigenvalue weighted by atomic mass is 16.4.